The molecule has 1 heterocycles. The molecule has 2 amide bonds. The van der Waals surface area contributed by atoms with E-state index in [2.05, 4.69) is 21.2 Å². The molecule has 0 radical (unpaired) electrons. The van der Waals surface area contributed by atoms with Crippen molar-refractivity contribution in [2.75, 3.05) is 6.54 Å². The van der Waals surface area contributed by atoms with Gasteiger partial charge in [0, 0.05) is 0 Å². The molecule has 1 aliphatic heterocycles. The van der Waals surface area contributed by atoms with Gasteiger partial charge in [0.15, 0.2) is 0 Å². The average Bonchev–Trinajstić information content (AvgIpc) is 2.08. The Morgan fingerprint density at radius 2 is 2.27 bits per heavy atom. The molecule has 1 rings (SSSR count). The quantitative estimate of drug-likeness (QED) is 0.488. The van der Waals surface area contributed by atoms with Gasteiger partial charge in [-0.25, -0.2) is 0 Å². The van der Waals surface area contributed by atoms with Crippen LogP contribution in [0.15, 0.2) is 0 Å². The molecule has 0 aromatic heterocycles. The molecule has 62 valence electrons. The summed E-state index contributed by atoms with van der Waals surface area (Å²) in [5.74, 6) is -0.506. The summed E-state index contributed by atoms with van der Waals surface area (Å²) in [5.41, 5.74) is 5.28. The van der Waals surface area contributed by atoms with E-state index < -0.39 is 4.32 Å². The van der Waals surface area contributed by atoms with Gasteiger partial charge in [-0.15, -0.1) is 0 Å². The van der Waals surface area contributed by atoms with Crippen molar-refractivity contribution in [1.82, 2.24) is 5.32 Å². The van der Waals surface area contributed by atoms with E-state index in [0.29, 0.717) is 13.0 Å². The minimum absolute atomic E-state index is 0.197. The van der Waals surface area contributed by atoms with E-state index in [1.54, 1.807) is 0 Å². The molecule has 0 spiro atoms. The minimum atomic E-state index is -0.737. The summed E-state index contributed by atoms with van der Waals surface area (Å²) in [5, 5.41) is 2.21. The molecule has 0 aliphatic carbocycles. The third-order valence-corrected chi connectivity index (χ3v) is 2.68. The van der Waals surface area contributed by atoms with Gasteiger partial charge in [0.25, 0.3) is 0 Å². The molecule has 4 nitrogen and oxygen atoms in total. The Bertz CT molecular complexity index is 207. The second-order valence-electron chi connectivity index (χ2n) is 2.56. The third kappa shape index (κ3) is 1.59. The van der Waals surface area contributed by atoms with Crippen molar-refractivity contribution in [3.05, 3.63) is 0 Å². The van der Waals surface area contributed by atoms with Gasteiger partial charge in [-0.05, 0) is 13.0 Å². The molecule has 5 heteroatoms. The number of carbonyl (C=O) groups is 2. The van der Waals surface area contributed by atoms with E-state index in [4.69, 9.17) is 5.73 Å². The predicted octanol–water partition coefficient (Wildman–Crippen LogP) is -0.485. The molecule has 3 N–H and O–H groups in total. The third-order valence-electron chi connectivity index (χ3n) is 1.64. The molecule has 1 unspecified atom stereocenters. The lowest BCUT2D eigenvalue weighted by Crippen LogP contribution is -2.34. The number of carbonyl (C=O) groups excluding carboxylic acids is 2. The first-order valence-electron chi connectivity index (χ1n) is 3.32. The van der Waals surface area contributed by atoms with Gasteiger partial charge < -0.3 is 5.73 Å². The van der Waals surface area contributed by atoms with Crippen LogP contribution in [-0.2, 0) is 9.59 Å². The molecular weight excluding hydrogens is 212 g/mol. The highest BCUT2D eigenvalue weighted by Crippen LogP contribution is 2.30. The fourth-order valence-electron chi connectivity index (χ4n) is 1.05. The molecule has 0 aromatic carbocycles. The number of hydrogen-bond donors (Lipinski definition) is 2. The monoisotopic (exact) mass is 220 g/mol. The molecule has 0 bridgehead atoms. The lowest BCUT2D eigenvalue weighted by atomic mass is 10.0. The largest absolute Gasteiger partial charge is 0.330 e. The molecule has 1 aliphatic rings. The van der Waals surface area contributed by atoms with Gasteiger partial charge in [0.1, 0.15) is 4.32 Å². The van der Waals surface area contributed by atoms with Crippen molar-refractivity contribution < 1.29 is 9.59 Å². The number of nitrogens with one attached hydrogen (secondary N) is 1. The zero-order valence-electron chi connectivity index (χ0n) is 5.89. The maximum Gasteiger partial charge on any atom is 0.244 e. The minimum Gasteiger partial charge on any atom is -0.330 e. The van der Waals surface area contributed by atoms with Gasteiger partial charge in [-0.2, -0.15) is 0 Å². The summed E-state index contributed by atoms with van der Waals surface area (Å²) >= 11 is 3.20. The molecule has 1 atom stereocenters. The van der Waals surface area contributed by atoms with Crippen molar-refractivity contribution in [3.8, 4) is 0 Å². The first kappa shape index (κ1) is 8.67. The molecule has 1 fully saturated rings. The highest BCUT2D eigenvalue weighted by atomic mass is 79.9. The van der Waals surface area contributed by atoms with E-state index in [1.807, 2.05) is 0 Å². The second kappa shape index (κ2) is 2.91. The van der Waals surface area contributed by atoms with Crippen LogP contribution in [0.2, 0.25) is 0 Å². The number of amides is 2. The number of halogens is 1. The maximum absolute atomic E-state index is 11.1. The van der Waals surface area contributed by atoms with E-state index in [-0.39, 0.29) is 18.2 Å². The first-order chi connectivity index (χ1) is 5.08. The Balaban J connectivity index is 2.70. The van der Waals surface area contributed by atoms with Crippen LogP contribution in [0, 0.1) is 0 Å². The number of nitrogens with two attached hydrogens (primary N) is 1. The Morgan fingerprint density at radius 1 is 1.64 bits per heavy atom. The van der Waals surface area contributed by atoms with Crippen LogP contribution in [0.1, 0.15) is 12.8 Å². The van der Waals surface area contributed by atoms with Crippen LogP contribution in [0.3, 0.4) is 0 Å². The predicted molar refractivity (Wildman–Crippen MR) is 43.1 cm³/mol. The van der Waals surface area contributed by atoms with Crippen molar-refractivity contribution in [2.45, 2.75) is 17.2 Å². The van der Waals surface area contributed by atoms with Crippen molar-refractivity contribution in [2.24, 2.45) is 5.73 Å². The molecule has 0 saturated carbocycles. The Kier molecular flexibility index (Phi) is 2.29. The number of imide groups is 1. The molecular formula is C6H9BrN2O2. The molecule has 11 heavy (non-hydrogen) atoms. The second-order valence-corrected chi connectivity index (χ2v) is 4.08. The van der Waals surface area contributed by atoms with Crippen LogP contribution < -0.4 is 11.1 Å². The van der Waals surface area contributed by atoms with Gasteiger partial charge in [0.2, 0.25) is 11.8 Å². The Hall–Kier alpha value is -0.420. The Labute approximate surface area is 72.6 Å². The van der Waals surface area contributed by atoms with Gasteiger partial charge in [0.05, 0.1) is 6.42 Å². The van der Waals surface area contributed by atoms with Crippen molar-refractivity contribution in [3.63, 3.8) is 0 Å². The first-order valence-corrected chi connectivity index (χ1v) is 4.11. The fraction of sp³-hybridized carbons (Fsp3) is 0.667. The van der Waals surface area contributed by atoms with Crippen LogP contribution >= 0.6 is 15.9 Å². The topological polar surface area (TPSA) is 72.2 Å². The maximum atomic E-state index is 11.1. The zero-order chi connectivity index (χ0) is 8.48. The van der Waals surface area contributed by atoms with Crippen LogP contribution in [0.25, 0.3) is 0 Å². The van der Waals surface area contributed by atoms with E-state index in [9.17, 15) is 9.59 Å². The highest BCUT2D eigenvalue weighted by Gasteiger charge is 2.43. The van der Waals surface area contributed by atoms with E-state index in [1.165, 1.54) is 0 Å². The van der Waals surface area contributed by atoms with E-state index in [0.717, 1.165) is 0 Å². The summed E-state index contributed by atoms with van der Waals surface area (Å²) in [7, 11) is 0. The lowest BCUT2D eigenvalue weighted by Gasteiger charge is -2.14. The van der Waals surface area contributed by atoms with Gasteiger partial charge in [-0.3, -0.25) is 14.9 Å². The van der Waals surface area contributed by atoms with Crippen molar-refractivity contribution >= 4 is 27.7 Å². The Morgan fingerprint density at radius 3 is 2.64 bits per heavy atom. The summed E-state index contributed by atoms with van der Waals surface area (Å²) in [6.45, 7) is 0.395. The van der Waals surface area contributed by atoms with E-state index >= 15 is 0 Å². The van der Waals surface area contributed by atoms with Crippen LogP contribution in [-0.4, -0.2) is 22.7 Å². The molecule has 0 aromatic rings. The molecule has 1 saturated heterocycles. The number of rotatable bonds is 2. The standard InChI is InChI=1S/C6H9BrN2O2/c7-6(1-2-8)3-4(10)9-5(6)11/h1-3,8H2,(H,9,10,11). The summed E-state index contributed by atoms with van der Waals surface area (Å²) in [6, 6.07) is 0. The smallest absolute Gasteiger partial charge is 0.244 e. The highest BCUT2D eigenvalue weighted by molar-refractivity contribution is 9.10. The normalized spacial score (nSPS) is 30.7. The lowest BCUT2D eigenvalue weighted by molar-refractivity contribution is -0.125. The number of hydrogen-bond acceptors (Lipinski definition) is 3. The summed E-state index contributed by atoms with van der Waals surface area (Å²) < 4.78 is -0.737. The van der Waals surface area contributed by atoms with Crippen LogP contribution in [0.5, 0.6) is 0 Å². The zero-order valence-corrected chi connectivity index (χ0v) is 7.48. The summed E-state index contributed by atoms with van der Waals surface area (Å²) in [6.07, 6.45) is 0.688. The fourth-order valence-corrected chi connectivity index (χ4v) is 1.63. The number of alkyl halides is 1. The van der Waals surface area contributed by atoms with Gasteiger partial charge in [-0.1, -0.05) is 15.9 Å². The SMILES string of the molecule is NCCC1(Br)CC(=O)NC1=O. The summed E-state index contributed by atoms with van der Waals surface area (Å²) in [4.78, 5) is 21.8. The average molecular weight is 221 g/mol. The van der Waals surface area contributed by atoms with Crippen molar-refractivity contribution in [1.29, 1.82) is 0 Å². The van der Waals surface area contributed by atoms with Gasteiger partial charge >= 0.3 is 0 Å². The van der Waals surface area contributed by atoms with Crippen LogP contribution in [0.4, 0.5) is 0 Å².